The SMILES string of the molecule is C=C(C)CNC(CC)NC. The minimum absolute atomic E-state index is 0.427. The molecule has 0 aromatic carbocycles. The van der Waals surface area contributed by atoms with Gasteiger partial charge in [0.1, 0.15) is 0 Å². The van der Waals surface area contributed by atoms with Crippen LogP contribution in [-0.4, -0.2) is 19.8 Å². The summed E-state index contributed by atoms with van der Waals surface area (Å²) >= 11 is 0. The summed E-state index contributed by atoms with van der Waals surface area (Å²) in [5, 5.41) is 6.46. The van der Waals surface area contributed by atoms with Crippen molar-refractivity contribution in [2.24, 2.45) is 0 Å². The van der Waals surface area contributed by atoms with Crippen molar-refractivity contribution >= 4 is 0 Å². The third kappa shape index (κ3) is 4.53. The van der Waals surface area contributed by atoms with Crippen LogP contribution in [-0.2, 0) is 0 Å². The molecule has 0 heterocycles. The van der Waals surface area contributed by atoms with Crippen LogP contribution in [0.5, 0.6) is 0 Å². The van der Waals surface area contributed by atoms with E-state index in [9.17, 15) is 0 Å². The van der Waals surface area contributed by atoms with Crippen molar-refractivity contribution in [1.29, 1.82) is 0 Å². The van der Waals surface area contributed by atoms with Crippen LogP contribution < -0.4 is 10.6 Å². The van der Waals surface area contributed by atoms with Crippen molar-refractivity contribution in [3.63, 3.8) is 0 Å². The van der Waals surface area contributed by atoms with E-state index in [0.29, 0.717) is 6.17 Å². The molecular formula is C8H18N2. The van der Waals surface area contributed by atoms with Crippen LogP contribution >= 0.6 is 0 Å². The summed E-state index contributed by atoms with van der Waals surface area (Å²) in [7, 11) is 1.96. The first-order valence-electron chi connectivity index (χ1n) is 3.75. The third-order valence-corrected chi connectivity index (χ3v) is 1.41. The number of nitrogens with one attached hydrogen (secondary N) is 2. The topological polar surface area (TPSA) is 24.1 Å². The van der Waals surface area contributed by atoms with Crippen LogP contribution in [0.1, 0.15) is 20.3 Å². The van der Waals surface area contributed by atoms with Gasteiger partial charge in [-0.25, -0.2) is 0 Å². The van der Waals surface area contributed by atoms with E-state index in [0.717, 1.165) is 13.0 Å². The van der Waals surface area contributed by atoms with Gasteiger partial charge in [0.2, 0.25) is 0 Å². The highest BCUT2D eigenvalue weighted by atomic mass is 15.1. The van der Waals surface area contributed by atoms with Crippen LogP contribution in [0.4, 0.5) is 0 Å². The summed E-state index contributed by atoms with van der Waals surface area (Å²) in [6.45, 7) is 8.88. The van der Waals surface area contributed by atoms with E-state index in [4.69, 9.17) is 0 Å². The molecule has 0 aromatic rings. The molecule has 0 aliphatic heterocycles. The molecule has 1 atom stereocenters. The first-order chi connectivity index (χ1) is 4.70. The fourth-order valence-corrected chi connectivity index (χ4v) is 0.748. The van der Waals surface area contributed by atoms with Crippen LogP contribution in [0.25, 0.3) is 0 Å². The molecule has 0 bridgehead atoms. The highest BCUT2D eigenvalue weighted by molar-refractivity contribution is 4.91. The zero-order valence-corrected chi connectivity index (χ0v) is 7.20. The van der Waals surface area contributed by atoms with Crippen LogP contribution in [0.3, 0.4) is 0 Å². The second-order valence-corrected chi connectivity index (χ2v) is 2.59. The van der Waals surface area contributed by atoms with Crippen LogP contribution in [0, 0.1) is 0 Å². The van der Waals surface area contributed by atoms with Gasteiger partial charge in [-0.3, -0.25) is 5.32 Å². The predicted molar refractivity (Wildman–Crippen MR) is 46.0 cm³/mol. The minimum atomic E-state index is 0.427. The average molecular weight is 142 g/mol. The molecule has 0 radical (unpaired) electrons. The summed E-state index contributed by atoms with van der Waals surface area (Å²) in [5.74, 6) is 0. The fourth-order valence-electron chi connectivity index (χ4n) is 0.748. The highest BCUT2D eigenvalue weighted by Crippen LogP contribution is 1.87. The quantitative estimate of drug-likeness (QED) is 0.444. The molecular weight excluding hydrogens is 124 g/mol. The van der Waals surface area contributed by atoms with Gasteiger partial charge in [0.15, 0.2) is 0 Å². The largest absolute Gasteiger partial charge is 0.305 e. The van der Waals surface area contributed by atoms with E-state index >= 15 is 0 Å². The van der Waals surface area contributed by atoms with Gasteiger partial charge < -0.3 is 5.32 Å². The Balaban J connectivity index is 3.34. The maximum absolute atomic E-state index is 3.81. The van der Waals surface area contributed by atoms with E-state index in [2.05, 4.69) is 24.1 Å². The smallest absolute Gasteiger partial charge is 0.0569 e. The van der Waals surface area contributed by atoms with Crippen molar-refractivity contribution < 1.29 is 0 Å². The van der Waals surface area contributed by atoms with E-state index in [1.165, 1.54) is 5.57 Å². The van der Waals surface area contributed by atoms with E-state index in [1.807, 2.05) is 14.0 Å². The lowest BCUT2D eigenvalue weighted by molar-refractivity contribution is 0.460. The average Bonchev–Trinajstić information content (AvgIpc) is 1.90. The standard InChI is InChI=1S/C8H18N2/c1-5-8(9-4)10-6-7(2)3/h8-10H,2,5-6H2,1,3-4H3. The third-order valence-electron chi connectivity index (χ3n) is 1.41. The molecule has 0 fully saturated rings. The second-order valence-electron chi connectivity index (χ2n) is 2.59. The van der Waals surface area contributed by atoms with Gasteiger partial charge in [-0.05, 0) is 20.4 Å². The summed E-state index contributed by atoms with van der Waals surface area (Å²) in [4.78, 5) is 0. The molecule has 0 aliphatic carbocycles. The molecule has 0 rings (SSSR count). The predicted octanol–water partition coefficient (Wildman–Crippen LogP) is 1.11. The highest BCUT2D eigenvalue weighted by Gasteiger charge is 1.98. The van der Waals surface area contributed by atoms with Gasteiger partial charge in [0.25, 0.3) is 0 Å². The Labute approximate surface area is 63.7 Å². The maximum Gasteiger partial charge on any atom is 0.0569 e. The molecule has 0 aliphatic rings. The van der Waals surface area contributed by atoms with Gasteiger partial charge in [0.05, 0.1) is 6.17 Å². The van der Waals surface area contributed by atoms with E-state index < -0.39 is 0 Å². The first kappa shape index (κ1) is 9.66. The Hall–Kier alpha value is -0.340. The molecule has 0 amide bonds. The van der Waals surface area contributed by atoms with Crippen molar-refractivity contribution in [3.8, 4) is 0 Å². The van der Waals surface area contributed by atoms with E-state index in [1.54, 1.807) is 0 Å². The van der Waals surface area contributed by atoms with Gasteiger partial charge in [-0.2, -0.15) is 0 Å². The van der Waals surface area contributed by atoms with Crippen molar-refractivity contribution in [2.75, 3.05) is 13.6 Å². The molecule has 2 heteroatoms. The summed E-state index contributed by atoms with van der Waals surface area (Å²) in [5.41, 5.74) is 1.17. The van der Waals surface area contributed by atoms with Gasteiger partial charge in [-0.1, -0.05) is 19.1 Å². The molecule has 0 saturated carbocycles. The number of hydrogen-bond acceptors (Lipinski definition) is 2. The molecule has 0 saturated heterocycles. The Kier molecular flexibility index (Phi) is 5.26. The van der Waals surface area contributed by atoms with Crippen LogP contribution in [0.15, 0.2) is 12.2 Å². The van der Waals surface area contributed by atoms with Gasteiger partial charge >= 0.3 is 0 Å². The Morgan fingerprint density at radius 3 is 2.50 bits per heavy atom. The fraction of sp³-hybridized carbons (Fsp3) is 0.750. The van der Waals surface area contributed by atoms with Gasteiger partial charge in [-0.15, -0.1) is 0 Å². The van der Waals surface area contributed by atoms with Crippen LogP contribution in [0.2, 0.25) is 0 Å². The minimum Gasteiger partial charge on any atom is -0.305 e. The maximum atomic E-state index is 3.81. The molecule has 0 spiro atoms. The molecule has 60 valence electrons. The summed E-state index contributed by atoms with van der Waals surface area (Å²) in [6, 6.07) is 0. The van der Waals surface area contributed by atoms with Crippen molar-refractivity contribution in [3.05, 3.63) is 12.2 Å². The van der Waals surface area contributed by atoms with Crippen molar-refractivity contribution in [2.45, 2.75) is 26.4 Å². The molecule has 10 heavy (non-hydrogen) atoms. The lowest BCUT2D eigenvalue weighted by atomic mass is 10.3. The Morgan fingerprint density at radius 1 is 1.60 bits per heavy atom. The monoisotopic (exact) mass is 142 g/mol. The molecule has 0 aromatic heterocycles. The molecule has 2 nitrogen and oxygen atoms in total. The Bertz CT molecular complexity index is 95.4. The molecule has 1 unspecified atom stereocenters. The summed E-state index contributed by atoms with van der Waals surface area (Å²) < 4.78 is 0. The number of rotatable bonds is 5. The lowest BCUT2D eigenvalue weighted by Gasteiger charge is -2.15. The zero-order valence-electron chi connectivity index (χ0n) is 7.20. The zero-order chi connectivity index (χ0) is 7.98. The van der Waals surface area contributed by atoms with E-state index in [-0.39, 0.29) is 0 Å². The molecule has 2 N–H and O–H groups in total. The summed E-state index contributed by atoms with van der Waals surface area (Å²) in [6.07, 6.45) is 1.53. The normalized spacial score (nSPS) is 13.1. The van der Waals surface area contributed by atoms with Crippen molar-refractivity contribution in [1.82, 2.24) is 10.6 Å². The first-order valence-corrected chi connectivity index (χ1v) is 3.75. The number of hydrogen-bond donors (Lipinski definition) is 2. The lowest BCUT2D eigenvalue weighted by Crippen LogP contribution is -2.40. The second kappa shape index (κ2) is 5.45. The van der Waals surface area contributed by atoms with Gasteiger partial charge in [0, 0.05) is 6.54 Å². The Morgan fingerprint density at radius 2 is 2.20 bits per heavy atom.